The van der Waals surface area contributed by atoms with Gasteiger partial charge in [0.1, 0.15) is 6.29 Å². The van der Waals surface area contributed by atoms with Crippen LogP contribution in [-0.2, 0) is 20.7 Å². The van der Waals surface area contributed by atoms with Crippen molar-refractivity contribution >= 4 is 6.29 Å². The van der Waals surface area contributed by atoms with Crippen molar-refractivity contribution in [3.8, 4) is 0 Å². The SMILES string of the molecule is O=CC(Cc1ccccc1)C1OCCCO1. The van der Waals surface area contributed by atoms with Gasteiger partial charge in [-0.1, -0.05) is 30.3 Å². The van der Waals surface area contributed by atoms with E-state index in [4.69, 9.17) is 9.47 Å². The third-order valence-electron chi connectivity index (χ3n) is 2.69. The van der Waals surface area contributed by atoms with E-state index in [1.807, 2.05) is 30.3 Å². The van der Waals surface area contributed by atoms with Gasteiger partial charge in [0.25, 0.3) is 0 Å². The Morgan fingerprint density at radius 3 is 2.56 bits per heavy atom. The minimum atomic E-state index is -0.369. The first-order chi connectivity index (χ1) is 7.90. The second kappa shape index (κ2) is 5.77. The summed E-state index contributed by atoms with van der Waals surface area (Å²) in [6.07, 6.45) is 2.15. The molecule has 0 amide bonds. The molecule has 1 unspecified atom stereocenters. The van der Waals surface area contributed by atoms with Gasteiger partial charge < -0.3 is 14.3 Å². The van der Waals surface area contributed by atoms with Crippen molar-refractivity contribution < 1.29 is 14.3 Å². The van der Waals surface area contributed by atoms with Crippen LogP contribution in [0.4, 0.5) is 0 Å². The lowest BCUT2D eigenvalue weighted by Crippen LogP contribution is -2.34. The van der Waals surface area contributed by atoms with Crippen LogP contribution in [0.15, 0.2) is 30.3 Å². The topological polar surface area (TPSA) is 35.5 Å². The molecule has 0 radical (unpaired) electrons. The third-order valence-corrected chi connectivity index (χ3v) is 2.69. The van der Waals surface area contributed by atoms with Crippen LogP contribution < -0.4 is 0 Å². The largest absolute Gasteiger partial charge is 0.352 e. The lowest BCUT2D eigenvalue weighted by atomic mass is 10.00. The van der Waals surface area contributed by atoms with Crippen LogP contribution in [0.25, 0.3) is 0 Å². The second-order valence-electron chi connectivity index (χ2n) is 3.95. The van der Waals surface area contributed by atoms with E-state index < -0.39 is 0 Å². The van der Waals surface area contributed by atoms with E-state index in [9.17, 15) is 4.79 Å². The summed E-state index contributed by atoms with van der Waals surface area (Å²) in [6, 6.07) is 9.94. The van der Waals surface area contributed by atoms with Crippen molar-refractivity contribution in [3.63, 3.8) is 0 Å². The first-order valence-electron chi connectivity index (χ1n) is 5.62. The van der Waals surface area contributed by atoms with E-state index in [0.29, 0.717) is 19.6 Å². The number of aldehydes is 1. The molecule has 1 aliphatic heterocycles. The first kappa shape index (κ1) is 11.3. The highest BCUT2D eigenvalue weighted by Crippen LogP contribution is 2.17. The van der Waals surface area contributed by atoms with E-state index in [2.05, 4.69) is 0 Å². The van der Waals surface area contributed by atoms with Crippen LogP contribution in [0.3, 0.4) is 0 Å². The lowest BCUT2D eigenvalue weighted by molar-refractivity contribution is -0.201. The molecule has 0 N–H and O–H groups in total. The van der Waals surface area contributed by atoms with Crippen molar-refractivity contribution in [2.45, 2.75) is 19.1 Å². The fourth-order valence-electron chi connectivity index (χ4n) is 1.85. The molecule has 3 heteroatoms. The van der Waals surface area contributed by atoms with Gasteiger partial charge in [0.15, 0.2) is 6.29 Å². The van der Waals surface area contributed by atoms with Crippen LogP contribution in [0.5, 0.6) is 0 Å². The fraction of sp³-hybridized carbons (Fsp3) is 0.462. The Labute approximate surface area is 95.4 Å². The van der Waals surface area contributed by atoms with Crippen molar-refractivity contribution in [1.29, 1.82) is 0 Å². The Balaban J connectivity index is 1.97. The maximum absolute atomic E-state index is 11.0. The van der Waals surface area contributed by atoms with Gasteiger partial charge in [0.2, 0.25) is 0 Å². The molecule has 1 fully saturated rings. The van der Waals surface area contributed by atoms with Crippen LogP contribution in [0, 0.1) is 5.92 Å². The predicted molar refractivity (Wildman–Crippen MR) is 60.0 cm³/mol. The van der Waals surface area contributed by atoms with Crippen molar-refractivity contribution in [2.24, 2.45) is 5.92 Å². The fourth-order valence-corrected chi connectivity index (χ4v) is 1.85. The van der Waals surface area contributed by atoms with Crippen LogP contribution in [0.2, 0.25) is 0 Å². The molecule has 1 aliphatic rings. The summed E-state index contributed by atoms with van der Waals surface area (Å²) in [5.74, 6) is -0.206. The van der Waals surface area contributed by atoms with Gasteiger partial charge >= 0.3 is 0 Å². The van der Waals surface area contributed by atoms with E-state index in [1.165, 1.54) is 0 Å². The van der Waals surface area contributed by atoms with Crippen molar-refractivity contribution in [1.82, 2.24) is 0 Å². The Morgan fingerprint density at radius 2 is 1.94 bits per heavy atom. The van der Waals surface area contributed by atoms with E-state index in [0.717, 1.165) is 18.3 Å². The summed E-state index contributed by atoms with van der Waals surface area (Å²) in [4.78, 5) is 11.0. The normalized spacial score (nSPS) is 19.2. The molecule has 1 atom stereocenters. The second-order valence-corrected chi connectivity index (χ2v) is 3.95. The van der Waals surface area contributed by atoms with Crippen LogP contribution >= 0.6 is 0 Å². The summed E-state index contributed by atoms with van der Waals surface area (Å²) >= 11 is 0. The molecule has 1 aromatic carbocycles. The zero-order valence-corrected chi connectivity index (χ0v) is 9.17. The molecule has 3 nitrogen and oxygen atoms in total. The number of hydrogen-bond acceptors (Lipinski definition) is 3. The quantitative estimate of drug-likeness (QED) is 0.726. The minimum Gasteiger partial charge on any atom is -0.352 e. The maximum atomic E-state index is 11.0. The molecule has 2 rings (SSSR count). The Bertz CT molecular complexity index is 317. The number of ether oxygens (including phenoxy) is 2. The summed E-state index contributed by atoms with van der Waals surface area (Å²) < 4.78 is 10.9. The number of rotatable bonds is 4. The van der Waals surface area contributed by atoms with Crippen molar-refractivity contribution in [2.75, 3.05) is 13.2 Å². The molecule has 0 aliphatic carbocycles. The third kappa shape index (κ3) is 2.90. The van der Waals surface area contributed by atoms with E-state index in [-0.39, 0.29) is 12.2 Å². The van der Waals surface area contributed by atoms with Gasteiger partial charge in [-0.05, 0) is 18.4 Å². The van der Waals surface area contributed by atoms with Gasteiger partial charge in [-0.25, -0.2) is 0 Å². The first-order valence-corrected chi connectivity index (χ1v) is 5.62. The molecule has 1 saturated heterocycles. The zero-order chi connectivity index (χ0) is 11.2. The van der Waals surface area contributed by atoms with Gasteiger partial charge in [0.05, 0.1) is 19.1 Å². The van der Waals surface area contributed by atoms with Gasteiger partial charge in [-0.3, -0.25) is 0 Å². The molecule has 1 heterocycles. The monoisotopic (exact) mass is 220 g/mol. The molecule has 0 saturated carbocycles. The Hall–Kier alpha value is -1.19. The summed E-state index contributed by atoms with van der Waals surface area (Å²) in [5, 5.41) is 0. The molecular weight excluding hydrogens is 204 g/mol. The number of hydrogen-bond donors (Lipinski definition) is 0. The molecule has 0 bridgehead atoms. The number of carbonyl (C=O) groups excluding carboxylic acids is 1. The summed E-state index contributed by atoms with van der Waals surface area (Å²) in [7, 11) is 0. The number of benzene rings is 1. The Kier molecular flexibility index (Phi) is 4.08. The highest BCUT2D eigenvalue weighted by molar-refractivity contribution is 5.55. The maximum Gasteiger partial charge on any atom is 0.167 e. The van der Waals surface area contributed by atoms with Crippen molar-refractivity contribution in [3.05, 3.63) is 35.9 Å². The summed E-state index contributed by atoms with van der Waals surface area (Å²) in [5.41, 5.74) is 1.14. The lowest BCUT2D eigenvalue weighted by Gasteiger charge is -2.27. The van der Waals surface area contributed by atoms with E-state index in [1.54, 1.807) is 0 Å². The minimum absolute atomic E-state index is 0.206. The summed E-state index contributed by atoms with van der Waals surface area (Å²) in [6.45, 7) is 1.37. The Morgan fingerprint density at radius 1 is 1.25 bits per heavy atom. The molecule has 0 aromatic heterocycles. The predicted octanol–water partition coefficient (Wildman–Crippen LogP) is 1.81. The molecule has 86 valence electrons. The highest BCUT2D eigenvalue weighted by atomic mass is 16.7. The molecule has 0 spiro atoms. The molecule has 1 aromatic rings. The van der Waals surface area contributed by atoms with Crippen LogP contribution in [0.1, 0.15) is 12.0 Å². The standard InChI is InChI=1S/C13H16O3/c14-10-12(13-15-7-4-8-16-13)9-11-5-2-1-3-6-11/h1-3,5-6,10,12-13H,4,7-9H2. The average Bonchev–Trinajstić information content (AvgIpc) is 2.38. The smallest absolute Gasteiger partial charge is 0.167 e. The average molecular weight is 220 g/mol. The van der Waals surface area contributed by atoms with E-state index >= 15 is 0 Å². The van der Waals surface area contributed by atoms with Gasteiger partial charge in [0, 0.05) is 0 Å². The number of carbonyl (C=O) groups is 1. The molecule has 16 heavy (non-hydrogen) atoms. The molecular formula is C13H16O3. The van der Waals surface area contributed by atoms with Crippen LogP contribution in [-0.4, -0.2) is 25.8 Å². The van der Waals surface area contributed by atoms with Gasteiger partial charge in [-0.2, -0.15) is 0 Å². The zero-order valence-electron chi connectivity index (χ0n) is 9.17. The highest BCUT2D eigenvalue weighted by Gasteiger charge is 2.25. The van der Waals surface area contributed by atoms with Gasteiger partial charge in [-0.15, -0.1) is 0 Å².